The summed E-state index contributed by atoms with van der Waals surface area (Å²) in [4.78, 5) is 24.9. The third kappa shape index (κ3) is 2.73. The van der Waals surface area contributed by atoms with E-state index in [4.69, 9.17) is 0 Å². The maximum Gasteiger partial charge on any atom is 0.350 e. The molecule has 1 saturated carbocycles. The van der Waals surface area contributed by atoms with Gasteiger partial charge in [-0.15, -0.1) is 5.10 Å². The zero-order valence-corrected chi connectivity index (χ0v) is 14.1. The number of carbonyl (C=O) groups is 1. The fourth-order valence-corrected chi connectivity index (χ4v) is 3.27. The molecule has 1 fully saturated rings. The molecule has 6 nitrogen and oxygen atoms in total. The van der Waals surface area contributed by atoms with E-state index in [2.05, 4.69) is 16.5 Å². The van der Waals surface area contributed by atoms with E-state index in [1.165, 1.54) is 9.08 Å². The maximum absolute atomic E-state index is 12.7. The molecule has 1 aromatic carbocycles. The summed E-state index contributed by atoms with van der Waals surface area (Å²) in [5, 5.41) is 7.25. The molecule has 1 N–H and O–H groups in total. The third-order valence-corrected chi connectivity index (χ3v) is 4.85. The predicted octanol–water partition coefficient (Wildman–Crippen LogP) is 1.65. The molecule has 2 heterocycles. The van der Waals surface area contributed by atoms with Crippen LogP contribution in [0.2, 0.25) is 0 Å². The van der Waals surface area contributed by atoms with Crippen LogP contribution >= 0.6 is 0 Å². The summed E-state index contributed by atoms with van der Waals surface area (Å²) in [5.41, 5.74) is 2.26. The molecule has 0 unspecified atom stereocenters. The number of amides is 1. The molecule has 0 radical (unpaired) electrons. The zero-order valence-electron chi connectivity index (χ0n) is 14.1. The van der Waals surface area contributed by atoms with E-state index < -0.39 is 5.41 Å². The average molecular weight is 336 g/mol. The van der Waals surface area contributed by atoms with E-state index >= 15 is 0 Å². The summed E-state index contributed by atoms with van der Waals surface area (Å²) >= 11 is 0. The quantitative estimate of drug-likeness (QED) is 0.770. The molecule has 6 heteroatoms. The minimum Gasteiger partial charge on any atom is -0.353 e. The van der Waals surface area contributed by atoms with Crippen molar-refractivity contribution in [2.45, 2.75) is 31.7 Å². The highest BCUT2D eigenvalue weighted by atomic mass is 16.2. The van der Waals surface area contributed by atoms with Crippen LogP contribution in [0.1, 0.15) is 24.0 Å². The van der Waals surface area contributed by atoms with E-state index in [0.717, 1.165) is 24.0 Å². The first-order valence-electron chi connectivity index (χ1n) is 8.50. The molecule has 0 aliphatic heterocycles. The minimum atomic E-state index is -0.393. The number of hydrogen-bond acceptors (Lipinski definition) is 3. The first-order valence-corrected chi connectivity index (χ1v) is 8.50. The molecule has 3 aromatic rings. The van der Waals surface area contributed by atoms with E-state index in [0.29, 0.717) is 18.7 Å². The van der Waals surface area contributed by atoms with Gasteiger partial charge in [0.1, 0.15) is 0 Å². The first kappa shape index (κ1) is 15.6. The average Bonchev–Trinajstić information content (AvgIpc) is 3.37. The molecule has 1 aliphatic rings. The number of rotatable bonds is 5. The standard InChI is InChI=1S/C19H20N4O2/c1-14-5-4-6-15(13-14)19(8-9-19)17(24)20-10-12-23-18(25)22-11-3-2-7-16(22)21-23/h2-7,11,13H,8-10,12H2,1H3,(H,20,24). The second-order valence-corrected chi connectivity index (χ2v) is 6.64. The second kappa shape index (κ2) is 5.88. The van der Waals surface area contributed by atoms with E-state index in [1.807, 2.05) is 31.2 Å². The Labute approximate surface area is 145 Å². The van der Waals surface area contributed by atoms with Crippen LogP contribution < -0.4 is 11.0 Å². The van der Waals surface area contributed by atoms with Gasteiger partial charge in [-0.25, -0.2) is 9.48 Å². The SMILES string of the molecule is Cc1cccc(C2(C(=O)NCCn3nc4ccccn4c3=O)CC2)c1. The largest absolute Gasteiger partial charge is 0.353 e. The van der Waals surface area contributed by atoms with Crippen molar-refractivity contribution in [3.63, 3.8) is 0 Å². The van der Waals surface area contributed by atoms with Gasteiger partial charge in [-0.2, -0.15) is 0 Å². The molecule has 1 aliphatic carbocycles. The Kier molecular flexibility index (Phi) is 3.67. The summed E-state index contributed by atoms with van der Waals surface area (Å²) in [6, 6.07) is 13.5. The van der Waals surface area contributed by atoms with Crippen LogP contribution in [-0.2, 0) is 16.8 Å². The lowest BCUT2D eigenvalue weighted by atomic mass is 9.93. The van der Waals surface area contributed by atoms with Crippen LogP contribution in [0.5, 0.6) is 0 Å². The Hall–Kier alpha value is -2.89. The summed E-state index contributed by atoms with van der Waals surface area (Å²) < 4.78 is 2.89. The van der Waals surface area contributed by atoms with Gasteiger partial charge in [-0.1, -0.05) is 35.9 Å². The van der Waals surface area contributed by atoms with Crippen molar-refractivity contribution in [1.82, 2.24) is 19.5 Å². The van der Waals surface area contributed by atoms with E-state index in [-0.39, 0.29) is 11.6 Å². The summed E-state index contributed by atoms with van der Waals surface area (Å²) in [6.45, 7) is 2.78. The first-order chi connectivity index (χ1) is 12.1. The van der Waals surface area contributed by atoms with Crippen LogP contribution in [-0.4, -0.2) is 26.6 Å². The highest BCUT2D eigenvalue weighted by Crippen LogP contribution is 2.48. The fourth-order valence-electron chi connectivity index (χ4n) is 3.27. The van der Waals surface area contributed by atoms with Gasteiger partial charge in [0, 0.05) is 12.7 Å². The molecule has 0 spiro atoms. The molecule has 128 valence electrons. The van der Waals surface area contributed by atoms with Crippen LogP contribution in [0, 0.1) is 6.92 Å². The van der Waals surface area contributed by atoms with Crippen LogP contribution in [0.15, 0.2) is 53.5 Å². The van der Waals surface area contributed by atoms with Crippen LogP contribution in [0.4, 0.5) is 0 Å². The summed E-state index contributed by atoms with van der Waals surface area (Å²) in [5.74, 6) is 0.0370. The topological polar surface area (TPSA) is 68.4 Å². The van der Waals surface area contributed by atoms with Crippen molar-refractivity contribution in [2.24, 2.45) is 0 Å². The van der Waals surface area contributed by atoms with Crippen molar-refractivity contribution >= 4 is 11.6 Å². The Bertz CT molecular complexity index is 998. The van der Waals surface area contributed by atoms with Gasteiger partial charge in [0.2, 0.25) is 5.91 Å². The van der Waals surface area contributed by atoms with Gasteiger partial charge in [0.25, 0.3) is 0 Å². The van der Waals surface area contributed by atoms with Crippen LogP contribution in [0.3, 0.4) is 0 Å². The fraction of sp³-hybridized carbons (Fsp3) is 0.316. The summed E-state index contributed by atoms with van der Waals surface area (Å²) in [6.07, 6.45) is 3.43. The number of aromatic nitrogens is 3. The van der Waals surface area contributed by atoms with Gasteiger partial charge in [0.05, 0.1) is 12.0 Å². The van der Waals surface area contributed by atoms with Gasteiger partial charge < -0.3 is 5.32 Å². The smallest absolute Gasteiger partial charge is 0.350 e. The molecule has 25 heavy (non-hydrogen) atoms. The number of benzene rings is 1. The van der Waals surface area contributed by atoms with Crippen molar-refractivity contribution in [3.8, 4) is 0 Å². The molecule has 2 aromatic heterocycles. The molecule has 4 rings (SSSR count). The van der Waals surface area contributed by atoms with Crippen LogP contribution in [0.25, 0.3) is 5.65 Å². The van der Waals surface area contributed by atoms with Gasteiger partial charge >= 0.3 is 5.69 Å². The number of aryl methyl sites for hydroxylation is 1. The Balaban J connectivity index is 1.44. The highest BCUT2D eigenvalue weighted by Gasteiger charge is 2.51. The molecular formula is C19H20N4O2. The lowest BCUT2D eigenvalue weighted by molar-refractivity contribution is -0.123. The number of carbonyl (C=O) groups excluding carboxylic acids is 1. The lowest BCUT2D eigenvalue weighted by Crippen LogP contribution is -2.37. The van der Waals surface area contributed by atoms with E-state index in [1.54, 1.807) is 18.3 Å². The lowest BCUT2D eigenvalue weighted by Gasteiger charge is -2.16. The monoisotopic (exact) mass is 336 g/mol. The Morgan fingerprint density at radius 3 is 2.80 bits per heavy atom. The summed E-state index contributed by atoms with van der Waals surface area (Å²) in [7, 11) is 0. The van der Waals surface area contributed by atoms with Crippen molar-refractivity contribution in [1.29, 1.82) is 0 Å². The second-order valence-electron chi connectivity index (χ2n) is 6.64. The Morgan fingerprint density at radius 1 is 1.24 bits per heavy atom. The maximum atomic E-state index is 12.7. The number of nitrogens with one attached hydrogen (secondary N) is 1. The van der Waals surface area contributed by atoms with E-state index in [9.17, 15) is 9.59 Å². The number of pyridine rings is 1. The number of nitrogens with zero attached hydrogens (tertiary/aromatic N) is 3. The number of hydrogen-bond donors (Lipinski definition) is 1. The van der Waals surface area contributed by atoms with Crippen molar-refractivity contribution in [3.05, 3.63) is 70.3 Å². The molecule has 0 bridgehead atoms. The van der Waals surface area contributed by atoms with Crippen molar-refractivity contribution < 1.29 is 4.79 Å². The van der Waals surface area contributed by atoms with Gasteiger partial charge in [-0.3, -0.25) is 9.20 Å². The predicted molar refractivity (Wildman–Crippen MR) is 94.6 cm³/mol. The molecule has 0 atom stereocenters. The van der Waals surface area contributed by atoms with Crippen molar-refractivity contribution in [2.75, 3.05) is 6.54 Å². The molecule has 1 amide bonds. The normalized spacial score (nSPS) is 15.2. The minimum absolute atomic E-state index is 0.0370. The number of fused-ring (bicyclic) bond motifs is 1. The van der Waals surface area contributed by atoms with Gasteiger partial charge in [-0.05, 0) is 37.5 Å². The zero-order chi connectivity index (χ0) is 17.4. The Morgan fingerprint density at radius 2 is 2.08 bits per heavy atom. The highest BCUT2D eigenvalue weighted by molar-refractivity contribution is 5.91. The molecular weight excluding hydrogens is 316 g/mol. The third-order valence-electron chi connectivity index (χ3n) is 4.85. The molecule has 0 saturated heterocycles. The van der Waals surface area contributed by atoms with Gasteiger partial charge in [0.15, 0.2) is 5.65 Å².